The molecule has 17 heavy (non-hydrogen) atoms. The van der Waals surface area contributed by atoms with Gasteiger partial charge >= 0.3 is 0 Å². The van der Waals surface area contributed by atoms with E-state index in [1.165, 1.54) is 19.3 Å². The Balaban J connectivity index is 1.57. The summed E-state index contributed by atoms with van der Waals surface area (Å²) in [4.78, 5) is 11.7. The van der Waals surface area contributed by atoms with E-state index < -0.39 is 0 Å². The lowest BCUT2D eigenvalue weighted by Gasteiger charge is -2.23. The highest BCUT2D eigenvalue weighted by molar-refractivity contribution is 5.76. The van der Waals surface area contributed by atoms with Crippen molar-refractivity contribution in [2.75, 3.05) is 19.7 Å². The molecule has 4 heteroatoms. The number of nitrogens with one attached hydrogen (secondary N) is 2. The quantitative estimate of drug-likeness (QED) is 0.643. The molecule has 1 saturated carbocycles. The first-order chi connectivity index (χ1) is 8.24. The molecule has 98 valence electrons. The summed E-state index contributed by atoms with van der Waals surface area (Å²) in [7, 11) is 0. The molecule has 1 unspecified atom stereocenters. The molecule has 1 saturated heterocycles. The fourth-order valence-electron chi connectivity index (χ4n) is 2.42. The van der Waals surface area contributed by atoms with Gasteiger partial charge in [0.2, 0.25) is 5.91 Å². The largest absolute Gasteiger partial charge is 0.396 e. The molecule has 1 atom stereocenters. The third-order valence-corrected chi connectivity index (χ3v) is 4.09. The van der Waals surface area contributed by atoms with Crippen LogP contribution in [0, 0.1) is 5.41 Å². The van der Waals surface area contributed by atoms with Crippen molar-refractivity contribution in [3.8, 4) is 0 Å². The van der Waals surface area contributed by atoms with Gasteiger partial charge < -0.3 is 15.7 Å². The highest BCUT2D eigenvalue weighted by Crippen LogP contribution is 2.44. The van der Waals surface area contributed by atoms with E-state index in [4.69, 9.17) is 5.11 Å². The number of carbonyl (C=O) groups excluding carboxylic acids is 1. The zero-order valence-electron chi connectivity index (χ0n) is 10.5. The third kappa shape index (κ3) is 3.96. The van der Waals surface area contributed by atoms with Crippen LogP contribution in [-0.2, 0) is 4.79 Å². The second kappa shape index (κ2) is 5.83. The summed E-state index contributed by atoms with van der Waals surface area (Å²) in [6, 6.07) is 0.530. The molecule has 1 heterocycles. The van der Waals surface area contributed by atoms with Crippen LogP contribution < -0.4 is 10.6 Å². The van der Waals surface area contributed by atoms with Gasteiger partial charge in [-0.1, -0.05) is 6.42 Å². The third-order valence-electron chi connectivity index (χ3n) is 4.09. The predicted molar refractivity (Wildman–Crippen MR) is 66.6 cm³/mol. The van der Waals surface area contributed by atoms with Crippen LogP contribution in [0.25, 0.3) is 0 Å². The Morgan fingerprint density at radius 3 is 2.82 bits per heavy atom. The summed E-state index contributed by atoms with van der Waals surface area (Å²) in [5, 5.41) is 15.5. The van der Waals surface area contributed by atoms with Crippen LogP contribution in [0.3, 0.4) is 0 Å². The molecule has 3 N–H and O–H groups in total. The number of hydrogen-bond acceptors (Lipinski definition) is 3. The Hall–Kier alpha value is -0.610. The van der Waals surface area contributed by atoms with E-state index in [9.17, 15) is 4.79 Å². The lowest BCUT2D eigenvalue weighted by molar-refractivity contribution is -0.121. The average Bonchev–Trinajstić information content (AvgIpc) is 3.16. The van der Waals surface area contributed by atoms with E-state index in [1.54, 1.807) is 0 Å². The monoisotopic (exact) mass is 240 g/mol. The Morgan fingerprint density at radius 2 is 2.24 bits per heavy atom. The van der Waals surface area contributed by atoms with Crippen LogP contribution >= 0.6 is 0 Å². The van der Waals surface area contributed by atoms with E-state index in [2.05, 4.69) is 10.6 Å². The van der Waals surface area contributed by atoms with Crippen LogP contribution in [-0.4, -0.2) is 36.8 Å². The van der Waals surface area contributed by atoms with Crippen molar-refractivity contribution in [3.05, 3.63) is 0 Å². The van der Waals surface area contributed by atoms with Crippen molar-refractivity contribution < 1.29 is 9.90 Å². The Kier molecular flexibility index (Phi) is 4.40. The summed E-state index contributed by atoms with van der Waals surface area (Å²) in [5.41, 5.74) is 0.0265. The summed E-state index contributed by atoms with van der Waals surface area (Å²) in [6.07, 6.45) is 7.40. The van der Waals surface area contributed by atoms with Gasteiger partial charge in [0, 0.05) is 24.4 Å². The van der Waals surface area contributed by atoms with E-state index >= 15 is 0 Å². The number of rotatable bonds is 6. The van der Waals surface area contributed by atoms with Gasteiger partial charge in [0.1, 0.15) is 0 Å². The molecular formula is C13H24N2O2. The maximum Gasteiger partial charge on any atom is 0.220 e. The molecule has 2 fully saturated rings. The summed E-state index contributed by atoms with van der Waals surface area (Å²) in [6.45, 7) is 1.96. The minimum Gasteiger partial charge on any atom is -0.396 e. The van der Waals surface area contributed by atoms with E-state index in [0.717, 1.165) is 25.8 Å². The van der Waals surface area contributed by atoms with Crippen molar-refractivity contribution in [1.82, 2.24) is 10.6 Å². The number of amides is 1. The highest BCUT2D eigenvalue weighted by Gasteiger charge is 2.41. The van der Waals surface area contributed by atoms with Gasteiger partial charge in [0.15, 0.2) is 0 Å². The minimum atomic E-state index is 0.0265. The van der Waals surface area contributed by atoms with Gasteiger partial charge in [0.25, 0.3) is 0 Å². The molecule has 0 spiro atoms. The molecular weight excluding hydrogens is 216 g/mol. The SMILES string of the molecule is O=C(CCC1CCCCN1)NCC1(CO)CC1. The number of piperidine rings is 1. The summed E-state index contributed by atoms with van der Waals surface area (Å²) in [5.74, 6) is 0.136. The van der Waals surface area contributed by atoms with Gasteiger partial charge in [-0.3, -0.25) is 4.79 Å². The van der Waals surface area contributed by atoms with E-state index in [-0.39, 0.29) is 17.9 Å². The van der Waals surface area contributed by atoms with Gasteiger partial charge in [-0.25, -0.2) is 0 Å². The molecule has 1 aliphatic carbocycles. The van der Waals surface area contributed by atoms with Gasteiger partial charge in [-0.15, -0.1) is 0 Å². The first kappa shape index (κ1) is 12.8. The van der Waals surface area contributed by atoms with Crippen LogP contribution in [0.2, 0.25) is 0 Å². The average molecular weight is 240 g/mol. The molecule has 4 nitrogen and oxygen atoms in total. The second-order valence-electron chi connectivity index (χ2n) is 5.62. The number of carbonyl (C=O) groups is 1. The van der Waals surface area contributed by atoms with Crippen molar-refractivity contribution in [1.29, 1.82) is 0 Å². The minimum absolute atomic E-state index is 0.0265. The normalized spacial score (nSPS) is 26.5. The maximum absolute atomic E-state index is 11.7. The second-order valence-corrected chi connectivity index (χ2v) is 5.62. The predicted octanol–water partition coefficient (Wildman–Crippen LogP) is 0.797. The molecule has 1 amide bonds. The Morgan fingerprint density at radius 1 is 1.41 bits per heavy atom. The fourth-order valence-corrected chi connectivity index (χ4v) is 2.42. The molecule has 2 aliphatic rings. The fraction of sp³-hybridized carbons (Fsp3) is 0.923. The van der Waals surface area contributed by atoms with Crippen LogP contribution in [0.5, 0.6) is 0 Å². The Bertz CT molecular complexity index is 258. The van der Waals surface area contributed by atoms with E-state index in [0.29, 0.717) is 19.0 Å². The lowest BCUT2D eigenvalue weighted by Crippen LogP contribution is -2.36. The van der Waals surface area contributed by atoms with Crippen molar-refractivity contribution in [2.24, 2.45) is 5.41 Å². The smallest absolute Gasteiger partial charge is 0.220 e. The van der Waals surface area contributed by atoms with Crippen LogP contribution in [0.4, 0.5) is 0 Å². The number of aliphatic hydroxyl groups is 1. The van der Waals surface area contributed by atoms with Crippen LogP contribution in [0.15, 0.2) is 0 Å². The molecule has 1 aliphatic heterocycles. The standard InChI is InChI=1S/C13H24N2O2/c16-10-13(6-7-13)9-15-12(17)5-4-11-3-1-2-8-14-11/h11,14,16H,1-10H2,(H,15,17). The first-order valence-corrected chi connectivity index (χ1v) is 6.85. The molecule has 0 aromatic heterocycles. The van der Waals surface area contributed by atoms with Gasteiger partial charge in [-0.2, -0.15) is 0 Å². The zero-order chi connectivity index (χ0) is 12.1. The van der Waals surface area contributed by atoms with Gasteiger partial charge in [0.05, 0.1) is 6.61 Å². The summed E-state index contributed by atoms with van der Waals surface area (Å²) >= 11 is 0. The summed E-state index contributed by atoms with van der Waals surface area (Å²) < 4.78 is 0. The Labute approximate surface area is 103 Å². The topological polar surface area (TPSA) is 61.4 Å². The molecule has 0 bridgehead atoms. The molecule has 2 rings (SSSR count). The van der Waals surface area contributed by atoms with Crippen LogP contribution in [0.1, 0.15) is 44.9 Å². The zero-order valence-corrected chi connectivity index (χ0v) is 10.5. The van der Waals surface area contributed by atoms with E-state index in [1.807, 2.05) is 0 Å². The highest BCUT2D eigenvalue weighted by atomic mass is 16.3. The number of hydrogen-bond donors (Lipinski definition) is 3. The maximum atomic E-state index is 11.7. The lowest BCUT2D eigenvalue weighted by atomic mass is 10.0. The van der Waals surface area contributed by atoms with Crippen molar-refractivity contribution >= 4 is 5.91 Å². The molecule has 0 radical (unpaired) electrons. The van der Waals surface area contributed by atoms with Gasteiger partial charge in [-0.05, 0) is 38.6 Å². The number of aliphatic hydroxyl groups excluding tert-OH is 1. The van der Waals surface area contributed by atoms with Crippen molar-refractivity contribution in [3.63, 3.8) is 0 Å². The molecule has 0 aromatic carbocycles. The van der Waals surface area contributed by atoms with Crippen molar-refractivity contribution in [2.45, 2.75) is 51.0 Å². The molecule has 0 aromatic rings. The first-order valence-electron chi connectivity index (χ1n) is 6.85.